The van der Waals surface area contributed by atoms with Crippen LogP contribution in [0.15, 0.2) is 22.6 Å². The number of amides is 1. The number of nitrogens with two attached hydrogens (primary N) is 1. The molecule has 78 valence electrons. The minimum Gasteiger partial charge on any atom is -0.504 e. The minimum atomic E-state index is -0.814. The predicted octanol–water partition coefficient (Wildman–Crippen LogP) is 1.25. The molecule has 0 aliphatic carbocycles. The molecule has 0 saturated carbocycles. The first-order valence-electron chi connectivity index (χ1n) is 4.23. The Kier molecular flexibility index (Phi) is 2.00. The van der Waals surface area contributed by atoms with Gasteiger partial charge in [-0.3, -0.25) is 4.79 Å². The zero-order valence-electron chi connectivity index (χ0n) is 7.98. The van der Waals surface area contributed by atoms with Gasteiger partial charge in [0.15, 0.2) is 17.1 Å². The average Bonchev–Trinajstić information content (AvgIpc) is 2.56. The van der Waals surface area contributed by atoms with Gasteiger partial charge in [-0.25, -0.2) is 0 Å². The summed E-state index contributed by atoms with van der Waals surface area (Å²) in [4.78, 5) is 10.9. The molecule has 2 rings (SSSR count). The van der Waals surface area contributed by atoms with E-state index in [9.17, 15) is 9.90 Å². The molecule has 0 saturated heterocycles. The largest absolute Gasteiger partial charge is 0.504 e. The fourth-order valence-electron chi connectivity index (χ4n) is 1.41. The van der Waals surface area contributed by atoms with E-state index in [1.807, 2.05) is 0 Å². The third-order valence-corrected chi connectivity index (χ3v) is 2.10. The summed E-state index contributed by atoms with van der Waals surface area (Å²) in [6.07, 6.45) is 0. The summed E-state index contributed by atoms with van der Waals surface area (Å²) in [5.41, 5.74) is 5.35. The van der Waals surface area contributed by atoms with Crippen molar-refractivity contribution in [2.75, 3.05) is 7.11 Å². The normalized spacial score (nSPS) is 10.5. The zero-order valence-corrected chi connectivity index (χ0v) is 7.98. The van der Waals surface area contributed by atoms with Crippen LogP contribution >= 0.6 is 0 Å². The molecule has 0 fully saturated rings. The second-order valence-corrected chi connectivity index (χ2v) is 2.98. The molecule has 0 atom stereocenters. The molecular weight excluding hydrogens is 198 g/mol. The number of methoxy groups -OCH3 is 1. The lowest BCUT2D eigenvalue weighted by molar-refractivity contribution is 0.0972. The Morgan fingerprint density at radius 1 is 1.53 bits per heavy atom. The fourth-order valence-corrected chi connectivity index (χ4v) is 1.41. The van der Waals surface area contributed by atoms with Crippen molar-refractivity contribution in [3.05, 3.63) is 24.0 Å². The lowest BCUT2D eigenvalue weighted by Gasteiger charge is -1.97. The lowest BCUT2D eigenvalue weighted by Crippen LogP contribution is -2.09. The van der Waals surface area contributed by atoms with Crippen LogP contribution in [0.25, 0.3) is 11.0 Å². The number of benzene rings is 1. The van der Waals surface area contributed by atoms with Gasteiger partial charge in [0, 0.05) is 0 Å². The number of furan rings is 1. The summed E-state index contributed by atoms with van der Waals surface area (Å²) in [6.45, 7) is 0. The molecule has 1 aromatic heterocycles. The molecule has 0 aliphatic rings. The number of carbonyl (C=O) groups excluding carboxylic acids is 1. The second-order valence-electron chi connectivity index (χ2n) is 2.98. The number of fused-ring (bicyclic) bond motifs is 1. The standard InChI is InChI=1S/C10H9NO4/c1-14-6-4-2-3-5-7(12)9(10(11)13)15-8(5)6/h2-4,12H,1H3,(H2,11,13). The van der Waals surface area contributed by atoms with E-state index >= 15 is 0 Å². The Balaban J connectivity index is 2.81. The van der Waals surface area contributed by atoms with Gasteiger partial charge < -0.3 is 20.0 Å². The molecule has 5 nitrogen and oxygen atoms in total. The Morgan fingerprint density at radius 3 is 2.87 bits per heavy atom. The maximum Gasteiger partial charge on any atom is 0.288 e. The molecule has 0 radical (unpaired) electrons. The number of ether oxygens (including phenoxy) is 1. The summed E-state index contributed by atoms with van der Waals surface area (Å²) in [7, 11) is 1.47. The van der Waals surface area contributed by atoms with Crippen molar-refractivity contribution in [3.63, 3.8) is 0 Å². The molecule has 3 N–H and O–H groups in total. The van der Waals surface area contributed by atoms with Gasteiger partial charge in [0.2, 0.25) is 5.76 Å². The quantitative estimate of drug-likeness (QED) is 0.775. The highest BCUT2D eigenvalue weighted by atomic mass is 16.5. The Morgan fingerprint density at radius 2 is 2.27 bits per heavy atom. The maximum absolute atomic E-state index is 10.9. The SMILES string of the molecule is COc1cccc2c(O)c(C(N)=O)oc12. The van der Waals surface area contributed by atoms with Crippen LogP contribution in [0.1, 0.15) is 10.6 Å². The molecule has 0 unspecified atom stereocenters. The van der Waals surface area contributed by atoms with Gasteiger partial charge in [0.25, 0.3) is 5.91 Å². The van der Waals surface area contributed by atoms with Gasteiger partial charge in [-0.1, -0.05) is 6.07 Å². The topological polar surface area (TPSA) is 85.7 Å². The van der Waals surface area contributed by atoms with Crippen LogP contribution in [0.2, 0.25) is 0 Å². The van der Waals surface area contributed by atoms with Crippen LogP contribution in [0.3, 0.4) is 0 Å². The van der Waals surface area contributed by atoms with Crippen LogP contribution in [0.4, 0.5) is 0 Å². The van der Waals surface area contributed by atoms with Crippen molar-refractivity contribution >= 4 is 16.9 Å². The van der Waals surface area contributed by atoms with E-state index in [4.69, 9.17) is 14.9 Å². The van der Waals surface area contributed by atoms with Crippen LogP contribution < -0.4 is 10.5 Å². The first-order valence-corrected chi connectivity index (χ1v) is 4.23. The Hall–Kier alpha value is -2.17. The number of para-hydroxylation sites is 1. The molecule has 1 amide bonds. The summed E-state index contributed by atoms with van der Waals surface area (Å²) < 4.78 is 10.2. The van der Waals surface area contributed by atoms with Crippen molar-refractivity contribution in [2.24, 2.45) is 5.73 Å². The Labute approximate surface area is 85.0 Å². The maximum atomic E-state index is 10.9. The third kappa shape index (κ3) is 1.28. The highest BCUT2D eigenvalue weighted by Crippen LogP contribution is 2.36. The highest BCUT2D eigenvalue weighted by molar-refractivity contribution is 6.01. The minimum absolute atomic E-state index is 0.253. The zero-order chi connectivity index (χ0) is 11.0. The predicted molar refractivity (Wildman–Crippen MR) is 52.9 cm³/mol. The van der Waals surface area contributed by atoms with Gasteiger partial charge in [-0.05, 0) is 12.1 Å². The molecule has 0 aliphatic heterocycles. The van der Waals surface area contributed by atoms with Crippen LogP contribution in [-0.4, -0.2) is 18.1 Å². The molecule has 0 spiro atoms. The first-order chi connectivity index (χ1) is 7.15. The molecule has 2 aromatic rings. The lowest BCUT2D eigenvalue weighted by atomic mass is 10.2. The van der Waals surface area contributed by atoms with Crippen LogP contribution in [0.5, 0.6) is 11.5 Å². The van der Waals surface area contributed by atoms with E-state index in [2.05, 4.69) is 0 Å². The number of carbonyl (C=O) groups is 1. The van der Waals surface area contributed by atoms with Crippen LogP contribution in [-0.2, 0) is 0 Å². The molecular formula is C10H9NO4. The van der Waals surface area contributed by atoms with Crippen molar-refractivity contribution in [3.8, 4) is 11.5 Å². The number of hydrogen-bond donors (Lipinski definition) is 2. The van der Waals surface area contributed by atoms with E-state index in [1.54, 1.807) is 18.2 Å². The van der Waals surface area contributed by atoms with E-state index in [1.165, 1.54) is 7.11 Å². The summed E-state index contributed by atoms with van der Waals surface area (Å²) >= 11 is 0. The smallest absolute Gasteiger partial charge is 0.288 e. The van der Waals surface area contributed by atoms with Crippen molar-refractivity contribution in [1.82, 2.24) is 0 Å². The molecule has 5 heteroatoms. The number of primary amides is 1. The summed E-state index contributed by atoms with van der Waals surface area (Å²) in [6, 6.07) is 4.96. The number of rotatable bonds is 2. The first kappa shape index (κ1) is 9.39. The fraction of sp³-hybridized carbons (Fsp3) is 0.100. The van der Waals surface area contributed by atoms with Gasteiger partial charge in [-0.2, -0.15) is 0 Å². The molecule has 1 aromatic carbocycles. The third-order valence-electron chi connectivity index (χ3n) is 2.10. The van der Waals surface area contributed by atoms with E-state index in [-0.39, 0.29) is 11.5 Å². The molecule has 1 heterocycles. The number of hydrogen-bond acceptors (Lipinski definition) is 4. The van der Waals surface area contributed by atoms with Crippen molar-refractivity contribution in [2.45, 2.75) is 0 Å². The second kappa shape index (κ2) is 3.20. The monoisotopic (exact) mass is 207 g/mol. The van der Waals surface area contributed by atoms with Gasteiger partial charge >= 0.3 is 0 Å². The summed E-state index contributed by atoms with van der Waals surface area (Å²) in [5.74, 6) is -0.882. The van der Waals surface area contributed by atoms with Gasteiger partial charge in [-0.15, -0.1) is 0 Å². The van der Waals surface area contributed by atoms with Gasteiger partial charge in [0.1, 0.15) is 0 Å². The van der Waals surface area contributed by atoms with Crippen molar-refractivity contribution in [1.29, 1.82) is 0 Å². The van der Waals surface area contributed by atoms with Crippen molar-refractivity contribution < 1.29 is 19.1 Å². The highest BCUT2D eigenvalue weighted by Gasteiger charge is 2.19. The Bertz CT molecular complexity index is 529. The molecule has 15 heavy (non-hydrogen) atoms. The number of aromatic hydroxyl groups is 1. The van der Waals surface area contributed by atoms with E-state index in [0.29, 0.717) is 16.7 Å². The average molecular weight is 207 g/mol. The molecule has 0 bridgehead atoms. The van der Waals surface area contributed by atoms with E-state index in [0.717, 1.165) is 0 Å². The van der Waals surface area contributed by atoms with E-state index < -0.39 is 5.91 Å². The summed E-state index contributed by atoms with van der Waals surface area (Å²) in [5, 5.41) is 10.0. The van der Waals surface area contributed by atoms with Crippen LogP contribution in [0, 0.1) is 0 Å². The van der Waals surface area contributed by atoms with Gasteiger partial charge in [0.05, 0.1) is 12.5 Å².